The van der Waals surface area contributed by atoms with Gasteiger partial charge in [0.15, 0.2) is 0 Å². The fourth-order valence-corrected chi connectivity index (χ4v) is 4.20. The van der Waals surface area contributed by atoms with Gasteiger partial charge in [-0.15, -0.1) is 0 Å². The van der Waals surface area contributed by atoms with Crippen LogP contribution in [0.15, 0.2) is 96.2 Å². The fourth-order valence-electron chi connectivity index (χ4n) is 4.07. The van der Waals surface area contributed by atoms with Crippen LogP contribution in [0.25, 0.3) is 10.9 Å². The summed E-state index contributed by atoms with van der Waals surface area (Å²) in [6.45, 7) is 0. The third-order valence-corrected chi connectivity index (χ3v) is 5.90. The summed E-state index contributed by atoms with van der Waals surface area (Å²) in [5.74, 6) is 0.00230. The summed E-state index contributed by atoms with van der Waals surface area (Å²) in [7, 11) is 0. The van der Waals surface area contributed by atoms with Gasteiger partial charge in [-0.1, -0.05) is 60.1 Å². The molecule has 1 aromatic heterocycles. The lowest BCUT2D eigenvalue weighted by Crippen LogP contribution is -2.30. The van der Waals surface area contributed by atoms with Gasteiger partial charge < -0.3 is 9.88 Å². The van der Waals surface area contributed by atoms with Gasteiger partial charge in [0.2, 0.25) is 5.91 Å². The maximum absolute atomic E-state index is 13.2. The molecule has 0 aliphatic carbocycles. The van der Waals surface area contributed by atoms with Crippen molar-refractivity contribution in [3.63, 3.8) is 0 Å². The van der Waals surface area contributed by atoms with Gasteiger partial charge >= 0.3 is 0 Å². The van der Waals surface area contributed by atoms with Gasteiger partial charge in [0.05, 0.1) is 11.6 Å². The molecular weight excluding hydrogens is 436 g/mol. The number of nitrogens with one attached hydrogen (secondary N) is 1. The van der Waals surface area contributed by atoms with Crippen molar-refractivity contribution >= 4 is 45.8 Å². The molecule has 1 aliphatic rings. The van der Waals surface area contributed by atoms with E-state index in [0.29, 0.717) is 17.1 Å². The summed E-state index contributed by atoms with van der Waals surface area (Å²) in [4.78, 5) is 25.7. The molecule has 0 spiro atoms. The average Bonchev–Trinajstić information content (AvgIpc) is 3.46. The summed E-state index contributed by atoms with van der Waals surface area (Å²) in [6, 6.07) is 26.3. The molecule has 7 heteroatoms. The Bertz CT molecular complexity index is 1350. The van der Waals surface area contributed by atoms with Crippen LogP contribution in [0.3, 0.4) is 0 Å². The number of nitrogens with zero attached hydrogens (tertiary/aromatic N) is 3. The highest BCUT2D eigenvalue weighted by Gasteiger charge is 2.34. The van der Waals surface area contributed by atoms with Crippen LogP contribution in [-0.2, 0) is 9.59 Å². The Morgan fingerprint density at radius 2 is 1.67 bits per heavy atom. The van der Waals surface area contributed by atoms with Crippen LogP contribution in [-0.4, -0.2) is 27.2 Å². The number of carbonyl (C=O) groups excluding carboxylic acids is 2. The summed E-state index contributed by atoms with van der Waals surface area (Å²) in [6.07, 6.45) is 2.20. The Labute approximate surface area is 196 Å². The molecule has 0 bridgehead atoms. The molecular formula is C26H21ClN4O2. The molecule has 5 rings (SSSR count). The number of carbonyl (C=O) groups is 2. The SMILES string of the molecule is O=C(CC(=O)N1N=C(n2ccc3ccccc32)C[C@H]1c1ccccc1)Nc1ccc(Cl)cc1. The molecule has 2 heterocycles. The number of hydrogen-bond donors (Lipinski definition) is 1. The van der Waals surface area contributed by atoms with E-state index in [4.69, 9.17) is 11.6 Å². The van der Waals surface area contributed by atoms with Crippen molar-refractivity contribution in [2.75, 3.05) is 5.32 Å². The first kappa shape index (κ1) is 21.0. The second-order valence-corrected chi connectivity index (χ2v) is 8.30. The molecule has 0 unspecified atom stereocenters. The largest absolute Gasteiger partial charge is 0.326 e. The van der Waals surface area contributed by atoms with Crippen LogP contribution < -0.4 is 5.32 Å². The lowest BCUT2D eigenvalue weighted by molar-refractivity contribution is -0.136. The van der Waals surface area contributed by atoms with Crippen LogP contribution >= 0.6 is 11.6 Å². The molecule has 33 heavy (non-hydrogen) atoms. The fraction of sp³-hybridized carbons (Fsp3) is 0.115. The third kappa shape index (κ3) is 4.38. The van der Waals surface area contributed by atoms with E-state index in [2.05, 4.69) is 10.4 Å². The number of fused-ring (bicyclic) bond motifs is 1. The molecule has 0 fully saturated rings. The smallest absolute Gasteiger partial charge is 0.252 e. The van der Waals surface area contributed by atoms with Crippen LogP contribution in [0.4, 0.5) is 5.69 Å². The predicted molar refractivity (Wildman–Crippen MR) is 130 cm³/mol. The van der Waals surface area contributed by atoms with E-state index in [1.165, 1.54) is 5.01 Å². The highest BCUT2D eigenvalue weighted by Crippen LogP contribution is 2.33. The van der Waals surface area contributed by atoms with Gasteiger partial charge in [0.25, 0.3) is 5.91 Å². The van der Waals surface area contributed by atoms with Gasteiger partial charge in [0.1, 0.15) is 12.3 Å². The van der Waals surface area contributed by atoms with Crippen molar-refractivity contribution in [1.29, 1.82) is 0 Å². The Morgan fingerprint density at radius 3 is 2.45 bits per heavy atom. The normalized spacial score (nSPS) is 15.5. The first-order chi connectivity index (χ1) is 16.1. The van der Waals surface area contributed by atoms with Gasteiger partial charge in [0, 0.05) is 23.3 Å². The first-order valence-corrected chi connectivity index (χ1v) is 11.0. The molecule has 1 aliphatic heterocycles. The summed E-state index contributed by atoms with van der Waals surface area (Å²) in [5, 5.41) is 10.5. The van der Waals surface area contributed by atoms with E-state index >= 15 is 0 Å². The van der Waals surface area contributed by atoms with E-state index in [0.717, 1.165) is 22.3 Å². The molecule has 1 atom stereocenters. The van der Waals surface area contributed by atoms with E-state index in [9.17, 15) is 9.59 Å². The molecule has 0 radical (unpaired) electrons. The topological polar surface area (TPSA) is 66.7 Å². The zero-order valence-corrected chi connectivity index (χ0v) is 18.4. The van der Waals surface area contributed by atoms with Crippen LogP contribution in [0.1, 0.15) is 24.4 Å². The van der Waals surface area contributed by atoms with Gasteiger partial charge in [-0.25, -0.2) is 5.01 Å². The van der Waals surface area contributed by atoms with Crippen molar-refractivity contribution in [3.05, 3.63) is 102 Å². The standard InChI is InChI=1S/C26H21ClN4O2/c27-20-10-12-21(13-11-20)28-25(32)17-26(33)31-23(18-6-2-1-3-7-18)16-24(29-31)30-15-14-19-8-4-5-9-22(19)30/h1-15,23H,16-17H2,(H,28,32)/t23-/m0/s1. The maximum atomic E-state index is 13.2. The van der Waals surface area contributed by atoms with E-state index in [-0.39, 0.29) is 18.4 Å². The molecule has 2 amide bonds. The lowest BCUT2D eigenvalue weighted by atomic mass is 10.0. The second kappa shape index (κ2) is 8.92. The number of rotatable bonds is 4. The Balaban J connectivity index is 1.41. The van der Waals surface area contributed by atoms with E-state index < -0.39 is 5.91 Å². The minimum atomic E-state index is -0.399. The molecule has 1 N–H and O–H groups in total. The number of hydrogen-bond acceptors (Lipinski definition) is 3. The van der Waals surface area contributed by atoms with E-state index in [1.54, 1.807) is 24.3 Å². The molecule has 6 nitrogen and oxygen atoms in total. The number of aromatic nitrogens is 1. The number of benzene rings is 3. The molecule has 4 aromatic rings. The summed E-state index contributed by atoms with van der Waals surface area (Å²) < 4.78 is 2.01. The van der Waals surface area contributed by atoms with Gasteiger partial charge in [-0.2, -0.15) is 5.10 Å². The molecule has 0 saturated heterocycles. The Kier molecular flexibility index (Phi) is 5.67. The minimum Gasteiger partial charge on any atom is -0.326 e. The molecule has 0 saturated carbocycles. The zero-order chi connectivity index (χ0) is 22.8. The monoisotopic (exact) mass is 456 g/mol. The minimum absolute atomic E-state index is 0.279. The zero-order valence-electron chi connectivity index (χ0n) is 17.7. The highest BCUT2D eigenvalue weighted by molar-refractivity contribution is 6.30. The number of halogens is 1. The van der Waals surface area contributed by atoms with E-state index in [1.807, 2.05) is 71.4 Å². The molecule has 164 valence electrons. The number of anilines is 1. The van der Waals surface area contributed by atoms with Crippen molar-refractivity contribution in [1.82, 2.24) is 9.58 Å². The second-order valence-electron chi connectivity index (χ2n) is 7.86. The number of amides is 2. The summed E-state index contributed by atoms with van der Waals surface area (Å²) >= 11 is 5.90. The lowest BCUT2D eigenvalue weighted by Gasteiger charge is -2.21. The molecule has 3 aromatic carbocycles. The number of para-hydroxylation sites is 1. The Hall–Kier alpha value is -3.90. The Morgan fingerprint density at radius 1 is 0.939 bits per heavy atom. The van der Waals surface area contributed by atoms with Crippen molar-refractivity contribution in [3.8, 4) is 0 Å². The average molecular weight is 457 g/mol. The summed E-state index contributed by atoms with van der Waals surface area (Å²) in [5.41, 5.74) is 2.58. The van der Waals surface area contributed by atoms with Crippen LogP contribution in [0.5, 0.6) is 0 Å². The third-order valence-electron chi connectivity index (χ3n) is 5.65. The predicted octanol–water partition coefficient (Wildman–Crippen LogP) is 5.46. The quantitative estimate of drug-likeness (QED) is 0.414. The van der Waals surface area contributed by atoms with Gasteiger partial charge in [-0.05, 0) is 47.3 Å². The van der Waals surface area contributed by atoms with Crippen molar-refractivity contribution < 1.29 is 9.59 Å². The van der Waals surface area contributed by atoms with Crippen LogP contribution in [0, 0.1) is 0 Å². The van der Waals surface area contributed by atoms with Crippen molar-refractivity contribution in [2.24, 2.45) is 5.10 Å². The maximum Gasteiger partial charge on any atom is 0.252 e. The first-order valence-electron chi connectivity index (χ1n) is 10.6. The number of hydrazone groups is 1. The van der Waals surface area contributed by atoms with Gasteiger partial charge in [-0.3, -0.25) is 9.59 Å². The van der Waals surface area contributed by atoms with Crippen LogP contribution in [0.2, 0.25) is 5.02 Å². The highest BCUT2D eigenvalue weighted by atomic mass is 35.5. The van der Waals surface area contributed by atoms with Crippen molar-refractivity contribution in [2.45, 2.75) is 18.9 Å².